The van der Waals surface area contributed by atoms with Crippen LogP contribution in [0.5, 0.6) is 0 Å². The molecule has 18 heavy (non-hydrogen) atoms. The number of rotatable bonds is 8. The first-order valence-corrected chi connectivity index (χ1v) is 7.64. The van der Waals surface area contributed by atoms with Gasteiger partial charge in [0.25, 0.3) is 0 Å². The Kier molecular flexibility index (Phi) is 7.87. The summed E-state index contributed by atoms with van der Waals surface area (Å²) in [6.07, 6.45) is 4.05. The predicted octanol–water partition coefficient (Wildman–Crippen LogP) is 2.51. The maximum atomic E-state index is 5.70. The van der Waals surface area contributed by atoms with Crippen molar-refractivity contribution < 1.29 is 4.74 Å². The Balaban J connectivity index is 2.21. The van der Waals surface area contributed by atoms with Gasteiger partial charge in [-0.05, 0) is 39.2 Å². The summed E-state index contributed by atoms with van der Waals surface area (Å²) in [5, 5.41) is 3.63. The second-order valence-electron chi connectivity index (χ2n) is 6.20. The average molecular weight is 256 g/mol. The lowest BCUT2D eigenvalue weighted by Gasteiger charge is -2.33. The third kappa shape index (κ3) is 6.72. The van der Waals surface area contributed by atoms with E-state index in [1.54, 1.807) is 0 Å². The lowest BCUT2D eigenvalue weighted by Crippen LogP contribution is -2.46. The summed E-state index contributed by atoms with van der Waals surface area (Å²) >= 11 is 0. The van der Waals surface area contributed by atoms with Gasteiger partial charge in [-0.15, -0.1) is 0 Å². The first-order valence-electron chi connectivity index (χ1n) is 7.64. The number of ether oxygens (including phenoxy) is 1. The Labute approximate surface area is 113 Å². The molecular weight excluding hydrogens is 224 g/mol. The maximum absolute atomic E-state index is 5.70. The van der Waals surface area contributed by atoms with Crippen molar-refractivity contribution in [2.24, 2.45) is 5.92 Å². The topological polar surface area (TPSA) is 24.5 Å². The molecular formula is C15H32N2O. The molecule has 3 nitrogen and oxygen atoms in total. The Hall–Kier alpha value is -0.120. The molecule has 108 valence electrons. The summed E-state index contributed by atoms with van der Waals surface area (Å²) < 4.78 is 5.70. The molecule has 0 spiro atoms. The number of piperidine rings is 1. The molecule has 0 aromatic carbocycles. The van der Waals surface area contributed by atoms with Gasteiger partial charge in [-0.25, -0.2) is 0 Å². The van der Waals surface area contributed by atoms with E-state index in [1.807, 2.05) is 0 Å². The molecule has 1 unspecified atom stereocenters. The van der Waals surface area contributed by atoms with E-state index in [2.05, 4.69) is 37.9 Å². The van der Waals surface area contributed by atoms with Gasteiger partial charge in [-0.1, -0.05) is 20.3 Å². The summed E-state index contributed by atoms with van der Waals surface area (Å²) in [6, 6.07) is 1.29. The van der Waals surface area contributed by atoms with Crippen molar-refractivity contribution in [3.63, 3.8) is 0 Å². The molecule has 1 heterocycles. The molecule has 0 aliphatic carbocycles. The fourth-order valence-electron chi connectivity index (χ4n) is 2.42. The van der Waals surface area contributed by atoms with Crippen molar-refractivity contribution >= 4 is 0 Å². The minimum atomic E-state index is 0.608. The van der Waals surface area contributed by atoms with Crippen LogP contribution in [-0.4, -0.2) is 49.8 Å². The molecule has 1 aliphatic heterocycles. The van der Waals surface area contributed by atoms with Gasteiger partial charge in [0, 0.05) is 31.8 Å². The van der Waals surface area contributed by atoms with Crippen LogP contribution in [-0.2, 0) is 4.74 Å². The minimum Gasteiger partial charge on any atom is -0.380 e. The highest BCUT2D eigenvalue weighted by Crippen LogP contribution is 2.10. The largest absolute Gasteiger partial charge is 0.380 e. The summed E-state index contributed by atoms with van der Waals surface area (Å²) in [5.41, 5.74) is 0. The molecule has 0 saturated carbocycles. The number of hydrogen-bond donors (Lipinski definition) is 1. The number of hydrogen-bond acceptors (Lipinski definition) is 3. The van der Waals surface area contributed by atoms with E-state index in [-0.39, 0.29) is 0 Å². The van der Waals surface area contributed by atoms with Gasteiger partial charge in [0.2, 0.25) is 0 Å². The van der Waals surface area contributed by atoms with Crippen LogP contribution in [0, 0.1) is 5.92 Å². The van der Waals surface area contributed by atoms with E-state index >= 15 is 0 Å². The van der Waals surface area contributed by atoms with E-state index in [0.717, 1.165) is 19.8 Å². The van der Waals surface area contributed by atoms with E-state index in [4.69, 9.17) is 4.74 Å². The van der Waals surface area contributed by atoms with Gasteiger partial charge >= 0.3 is 0 Å². The number of nitrogens with one attached hydrogen (secondary N) is 1. The lowest BCUT2D eigenvalue weighted by molar-refractivity contribution is 0.0716. The normalized spacial score (nSPS) is 21.2. The molecule has 0 bridgehead atoms. The quantitative estimate of drug-likeness (QED) is 0.675. The predicted molar refractivity (Wildman–Crippen MR) is 78.0 cm³/mol. The highest BCUT2D eigenvalue weighted by molar-refractivity contribution is 4.77. The Bertz CT molecular complexity index is 201. The fraction of sp³-hybridized carbons (Fsp3) is 1.00. The molecule has 0 amide bonds. The van der Waals surface area contributed by atoms with Crippen LogP contribution in [0.1, 0.15) is 47.0 Å². The van der Waals surface area contributed by atoms with Crippen molar-refractivity contribution in [1.82, 2.24) is 10.2 Å². The van der Waals surface area contributed by atoms with Crippen LogP contribution in [0.25, 0.3) is 0 Å². The molecule has 0 radical (unpaired) electrons. The molecule has 0 aromatic rings. The fourth-order valence-corrected chi connectivity index (χ4v) is 2.42. The second kappa shape index (κ2) is 8.89. The van der Waals surface area contributed by atoms with Gasteiger partial charge in [0.15, 0.2) is 0 Å². The summed E-state index contributed by atoms with van der Waals surface area (Å²) in [6.45, 7) is 14.1. The maximum Gasteiger partial charge on any atom is 0.0593 e. The highest BCUT2D eigenvalue weighted by atomic mass is 16.5. The Morgan fingerprint density at radius 2 is 2.00 bits per heavy atom. The van der Waals surface area contributed by atoms with E-state index in [9.17, 15) is 0 Å². The van der Waals surface area contributed by atoms with Crippen LogP contribution >= 0.6 is 0 Å². The molecule has 1 rings (SSSR count). The Morgan fingerprint density at radius 3 is 2.56 bits per heavy atom. The molecule has 1 aliphatic rings. The van der Waals surface area contributed by atoms with Gasteiger partial charge in [-0.3, -0.25) is 4.90 Å². The van der Waals surface area contributed by atoms with E-state index in [1.165, 1.54) is 32.4 Å². The van der Waals surface area contributed by atoms with Gasteiger partial charge in [-0.2, -0.15) is 0 Å². The van der Waals surface area contributed by atoms with E-state index < -0.39 is 0 Å². The molecule has 1 N–H and O–H groups in total. The van der Waals surface area contributed by atoms with Gasteiger partial charge in [0.1, 0.15) is 0 Å². The molecule has 1 saturated heterocycles. The summed E-state index contributed by atoms with van der Waals surface area (Å²) in [5.74, 6) is 0.637. The molecule has 0 aromatic heterocycles. The zero-order valence-electron chi connectivity index (χ0n) is 12.7. The van der Waals surface area contributed by atoms with Crippen molar-refractivity contribution in [3.05, 3.63) is 0 Å². The van der Waals surface area contributed by atoms with Crippen molar-refractivity contribution in [3.8, 4) is 0 Å². The first kappa shape index (κ1) is 15.9. The van der Waals surface area contributed by atoms with Gasteiger partial charge < -0.3 is 10.1 Å². The highest BCUT2D eigenvalue weighted by Gasteiger charge is 2.18. The SMILES string of the molecule is CC(C)COCCN(CC1CCCCN1)C(C)C. The van der Waals surface area contributed by atoms with Crippen molar-refractivity contribution in [1.29, 1.82) is 0 Å². The second-order valence-corrected chi connectivity index (χ2v) is 6.20. The van der Waals surface area contributed by atoms with Crippen LogP contribution in [0.15, 0.2) is 0 Å². The van der Waals surface area contributed by atoms with Crippen LogP contribution in [0.3, 0.4) is 0 Å². The lowest BCUT2D eigenvalue weighted by atomic mass is 10.0. The standard InChI is InChI=1S/C15H32N2O/c1-13(2)12-18-10-9-17(14(3)4)11-15-7-5-6-8-16-15/h13-16H,5-12H2,1-4H3. The number of nitrogens with zero attached hydrogens (tertiary/aromatic N) is 1. The first-order chi connectivity index (χ1) is 8.59. The van der Waals surface area contributed by atoms with E-state index in [0.29, 0.717) is 18.0 Å². The van der Waals surface area contributed by atoms with Crippen LogP contribution in [0.2, 0.25) is 0 Å². The zero-order valence-corrected chi connectivity index (χ0v) is 12.7. The Morgan fingerprint density at radius 1 is 1.22 bits per heavy atom. The van der Waals surface area contributed by atoms with Gasteiger partial charge in [0.05, 0.1) is 6.61 Å². The summed E-state index contributed by atoms with van der Waals surface area (Å²) in [7, 11) is 0. The van der Waals surface area contributed by atoms with Crippen LogP contribution < -0.4 is 5.32 Å². The zero-order chi connectivity index (χ0) is 13.4. The van der Waals surface area contributed by atoms with Crippen molar-refractivity contribution in [2.45, 2.75) is 59.0 Å². The molecule has 1 fully saturated rings. The average Bonchev–Trinajstić information content (AvgIpc) is 2.33. The molecule has 1 atom stereocenters. The van der Waals surface area contributed by atoms with Crippen LogP contribution in [0.4, 0.5) is 0 Å². The smallest absolute Gasteiger partial charge is 0.0593 e. The monoisotopic (exact) mass is 256 g/mol. The van der Waals surface area contributed by atoms with Crippen molar-refractivity contribution in [2.75, 3.05) is 32.8 Å². The third-order valence-electron chi connectivity index (χ3n) is 3.57. The molecule has 3 heteroatoms. The summed E-state index contributed by atoms with van der Waals surface area (Å²) in [4.78, 5) is 2.54. The third-order valence-corrected chi connectivity index (χ3v) is 3.57. The minimum absolute atomic E-state index is 0.608.